The van der Waals surface area contributed by atoms with Crippen LogP contribution in [-0.2, 0) is 4.79 Å². The van der Waals surface area contributed by atoms with Gasteiger partial charge < -0.3 is 21.5 Å². The number of hydrogen-bond donors (Lipinski definition) is 4. The maximum absolute atomic E-state index is 12.1. The van der Waals surface area contributed by atoms with E-state index in [-0.39, 0.29) is 11.9 Å². The van der Waals surface area contributed by atoms with Crippen molar-refractivity contribution in [2.45, 2.75) is 50.3 Å². The van der Waals surface area contributed by atoms with Crippen LogP contribution < -0.4 is 16.4 Å². The van der Waals surface area contributed by atoms with Crippen LogP contribution in [-0.4, -0.2) is 47.2 Å². The fourth-order valence-corrected chi connectivity index (χ4v) is 2.71. The van der Waals surface area contributed by atoms with Gasteiger partial charge in [-0.1, -0.05) is 12.8 Å². The van der Waals surface area contributed by atoms with Crippen molar-refractivity contribution in [1.82, 2.24) is 10.6 Å². The first-order chi connectivity index (χ1) is 9.04. The van der Waals surface area contributed by atoms with Crippen molar-refractivity contribution in [3.63, 3.8) is 0 Å². The molecule has 3 unspecified atom stereocenters. The zero-order valence-electron chi connectivity index (χ0n) is 11.2. The van der Waals surface area contributed by atoms with Gasteiger partial charge in [0.05, 0.1) is 12.1 Å². The Bertz CT molecular complexity index is 315. The Labute approximate surface area is 117 Å². The first-order valence-electron chi connectivity index (χ1n) is 6.58. The molecule has 6 nitrogen and oxygen atoms in total. The molecule has 0 heterocycles. The maximum Gasteiger partial charge on any atom is 0.312 e. The number of carbonyl (C=O) groups excluding carboxylic acids is 2. The van der Waals surface area contributed by atoms with E-state index in [2.05, 4.69) is 10.6 Å². The summed E-state index contributed by atoms with van der Waals surface area (Å²) in [5, 5.41) is 15.1. The number of hydrogen-bond acceptors (Lipinski definition) is 4. The van der Waals surface area contributed by atoms with Crippen molar-refractivity contribution in [3.8, 4) is 0 Å². The minimum absolute atomic E-state index is 0.215. The van der Waals surface area contributed by atoms with Gasteiger partial charge in [-0.25, -0.2) is 4.79 Å². The van der Waals surface area contributed by atoms with Crippen LogP contribution in [0.1, 0.15) is 32.1 Å². The lowest BCUT2D eigenvalue weighted by Gasteiger charge is -2.30. The minimum atomic E-state index is -0.703. The first kappa shape index (κ1) is 16.1. The molecule has 1 rings (SSSR count). The second kappa shape index (κ2) is 8.27. The molecule has 0 aromatic rings. The Kier molecular flexibility index (Phi) is 7.01. The third-order valence-electron chi connectivity index (χ3n) is 3.30. The van der Waals surface area contributed by atoms with Gasteiger partial charge in [0.2, 0.25) is 5.91 Å². The van der Waals surface area contributed by atoms with Gasteiger partial charge in [0, 0.05) is 0 Å². The standard InChI is InChI=1S/C12H23N3O3S/c1-19-7-6-9(15-12(13)18)11(17)14-8-4-2-3-5-10(8)16/h8-10,16H,2-7H2,1H3,(H,14,17)(H3,13,15,18). The van der Waals surface area contributed by atoms with Crippen molar-refractivity contribution in [3.05, 3.63) is 0 Å². The molecule has 0 saturated heterocycles. The second-order valence-electron chi connectivity index (χ2n) is 4.81. The van der Waals surface area contributed by atoms with Gasteiger partial charge in [-0.2, -0.15) is 11.8 Å². The number of urea groups is 1. The molecule has 5 N–H and O–H groups in total. The van der Waals surface area contributed by atoms with Crippen molar-refractivity contribution in [2.24, 2.45) is 5.73 Å². The van der Waals surface area contributed by atoms with E-state index >= 15 is 0 Å². The number of amides is 3. The average molecular weight is 289 g/mol. The Morgan fingerprint density at radius 1 is 1.42 bits per heavy atom. The largest absolute Gasteiger partial charge is 0.391 e. The molecule has 3 atom stereocenters. The Balaban J connectivity index is 2.51. The zero-order chi connectivity index (χ0) is 14.3. The van der Waals surface area contributed by atoms with Gasteiger partial charge in [-0.3, -0.25) is 4.79 Å². The summed E-state index contributed by atoms with van der Waals surface area (Å²) in [5.74, 6) is 0.491. The number of carbonyl (C=O) groups is 2. The van der Waals surface area contributed by atoms with E-state index < -0.39 is 18.2 Å². The summed E-state index contributed by atoms with van der Waals surface area (Å²) in [6, 6.07) is -1.54. The molecule has 0 bridgehead atoms. The van der Waals surface area contributed by atoms with Crippen LogP contribution in [0.5, 0.6) is 0 Å². The Morgan fingerprint density at radius 2 is 2.11 bits per heavy atom. The second-order valence-corrected chi connectivity index (χ2v) is 5.80. The van der Waals surface area contributed by atoms with Crippen LogP contribution in [0.25, 0.3) is 0 Å². The van der Waals surface area contributed by atoms with Gasteiger partial charge in [0.1, 0.15) is 6.04 Å². The zero-order valence-corrected chi connectivity index (χ0v) is 12.0. The highest BCUT2D eigenvalue weighted by Gasteiger charge is 2.27. The Hall–Kier alpha value is -0.950. The molecule has 1 saturated carbocycles. The van der Waals surface area contributed by atoms with Gasteiger partial charge in [-0.05, 0) is 31.3 Å². The SMILES string of the molecule is CSCCC(NC(N)=O)C(=O)NC1CCCCC1O. The number of primary amides is 1. The van der Waals surface area contributed by atoms with Crippen LogP contribution in [0.15, 0.2) is 0 Å². The molecule has 0 aromatic heterocycles. The molecule has 0 spiro atoms. The van der Waals surface area contributed by atoms with Crippen molar-refractivity contribution in [2.75, 3.05) is 12.0 Å². The topological polar surface area (TPSA) is 104 Å². The van der Waals surface area contributed by atoms with Crippen molar-refractivity contribution in [1.29, 1.82) is 0 Å². The molecule has 1 aliphatic carbocycles. The monoisotopic (exact) mass is 289 g/mol. The van der Waals surface area contributed by atoms with Crippen LogP contribution in [0.2, 0.25) is 0 Å². The molecule has 19 heavy (non-hydrogen) atoms. The molecular formula is C12H23N3O3S. The fourth-order valence-electron chi connectivity index (χ4n) is 2.24. The third kappa shape index (κ3) is 5.69. The molecule has 1 fully saturated rings. The highest BCUT2D eigenvalue weighted by Crippen LogP contribution is 2.18. The van der Waals surface area contributed by atoms with E-state index in [0.29, 0.717) is 12.8 Å². The molecule has 0 aromatic carbocycles. The molecule has 0 radical (unpaired) electrons. The quantitative estimate of drug-likeness (QED) is 0.560. The van der Waals surface area contributed by atoms with Gasteiger partial charge in [0.25, 0.3) is 0 Å². The van der Waals surface area contributed by atoms with Crippen LogP contribution in [0.4, 0.5) is 4.79 Å². The number of nitrogens with two attached hydrogens (primary N) is 1. The molecule has 110 valence electrons. The molecule has 7 heteroatoms. The maximum atomic E-state index is 12.1. The van der Waals surface area contributed by atoms with Crippen LogP contribution >= 0.6 is 11.8 Å². The fraction of sp³-hybridized carbons (Fsp3) is 0.833. The van der Waals surface area contributed by atoms with E-state index in [1.54, 1.807) is 11.8 Å². The number of aliphatic hydroxyl groups excluding tert-OH is 1. The highest BCUT2D eigenvalue weighted by molar-refractivity contribution is 7.98. The summed E-state index contributed by atoms with van der Waals surface area (Å²) in [5.41, 5.74) is 5.08. The smallest absolute Gasteiger partial charge is 0.312 e. The third-order valence-corrected chi connectivity index (χ3v) is 3.94. The number of nitrogens with one attached hydrogen (secondary N) is 2. The number of aliphatic hydroxyl groups is 1. The lowest BCUT2D eigenvalue weighted by molar-refractivity contribution is -0.124. The average Bonchev–Trinajstić information content (AvgIpc) is 2.36. The van der Waals surface area contributed by atoms with E-state index in [1.165, 1.54) is 0 Å². The van der Waals surface area contributed by atoms with Gasteiger partial charge in [0.15, 0.2) is 0 Å². The predicted molar refractivity (Wildman–Crippen MR) is 75.9 cm³/mol. The summed E-state index contributed by atoms with van der Waals surface area (Å²) < 4.78 is 0. The van der Waals surface area contributed by atoms with Gasteiger partial charge >= 0.3 is 6.03 Å². The van der Waals surface area contributed by atoms with Gasteiger partial charge in [-0.15, -0.1) is 0 Å². The number of rotatable bonds is 6. The van der Waals surface area contributed by atoms with Crippen molar-refractivity contribution < 1.29 is 14.7 Å². The lowest BCUT2D eigenvalue weighted by Crippen LogP contribution is -2.54. The number of thioether (sulfide) groups is 1. The van der Waals surface area contributed by atoms with E-state index in [9.17, 15) is 14.7 Å². The summed E-state index contributed by atoms with van der Waals surface area (Å²) in [4.78, 5) is 23.0. The predicted octanol–water partition coefficient (Wildman–Crippen LogP) is 0.196. The molecule has 0 aliphatic heterocycles. The normalized spacial score (nSPS) is 24.5. The first-order valence-corrected chi connectivity index (χ1v) is 7.97. The van der Waals surface area contributed by atoms with Crippen molar-refractivity contribution >= 4 is 23.7 Å². The minimum Gasteiger partial charge on any atom is -0.391 e. The van der Waals surface area contributed by atoms with E-state index in [0.717, 1.165) is 25.0 Å². The van der Waals surface area contributed by atoms with E-state index in [1.807, 2.05) is 6.26 Å². The van der Waals surface area contributed by atoms with Crippen LogP contribution in [0, 0.1) is 0 Å². The van der Waals surface area contributed by atoms with E-state index in [4.69, 9.17) is 5.73 Å². The van der Waals surface area contributed by atoms with Crippen LogP contribution in [0.3, 0.4) is 0 Å². The summed E-state index contributed by atoms with van der Waals surface area (Å²) in [6.45, 7) is 0. The molecule has 3 amide bonds. The highest BCUT2D eigenvalue weighted by atomic mass is 32.2. The lowest BCUT2D eigenvalue weighted by atomic mass is 9.92. The summed E-state index contributed by atoms with van der Waals surface area (Å²) in [7, 11) is 0. The summed E-state index contributed by atoms with van der Waals surface area (Å²) >= 11 is 1.60. The molecular weight excluding hydrogens is 266 g/mol. The summed E-state index contributed by atoms with van der Waals surface area (Å²) in [6.07, 6.45) is 5.45. The molecule has 1 aliphatic rings. The Morgan fingerprint density at radius 3 is 2.68 bits per heavy atom.